The quantitative estimate of drug-likeness (QED) is 0.411. The van der Waals surface area contributed by atoms with Crippen molar-refractivity contribution in [3.63, 3.8) is 0 Å². The number of benzene rings is 1. The predicted molar refractivity (Wildman–Crippen MR) is 155 cm³/mol. The maximum Gasteiger partial charge on any atom is 0.243 e. The van der Waals surface area contributed by atoms with Crippen LogP contribution in [0.5, 0.6) is 0 Å². The summed E-state index contributed by atoms with van der Waals surface area (Å²) in [7, 11) is 1.76. The highest BCUT2D eigenvalue weighted by atomic mass is 16.2. The van der Waals surface area contributed by atoms with Crippen LogP contribution in [0.4, 0.5) is 0 Å². The molecule has 3 aliphatic rings. The lowest BCUT2D eigenvalue weighted by molar-refractivity contribution is -0.145. The van der Waals surface area contributed by atoms with E-state index < -0.39 is 12.0 Å². The summed E-state index contributed by atoms with van der Waals surface area (Å²) >= 11 is 0. The number of ketones is 1. The van der Waals surface area contributed by atoms with Crippen LogP contribution in [0.2, 0.25) is 0 Å². The van der Waals surface area contributed by atoms with Crippen molar-refractivity contribution in [1.82, 2.24) is 20.9 Å². The van der Waals surface area contributed by atoms with E-state index in [1.165, 1.54) is 5.56 Å². The van der Waals surface area contributed by atoms with E-state index in [1.54, 1.807) is 11.9 Å². The van der Waals surface area contributed by atoms with Crippen LogP contribution in [-0.2, 0) is 25.6 Å². The molecule has 1 saturated heterocycles. The fraction of sp³-hybridized carbons (Fsp3) is 0.688. The van der Waals surface area contributed by atoms with Gasteiger partial charge in [0, 0.05) is 30.8 Å². The topological polar surface area (TPSA) is 108 Å². The minimum atomic E-state index is -0.679. The number of likely N-dealkylation sites (N-methyl/N-ethyl adjacent to an activating group) is 1. The Labute approximate surface area is 239 Å². The number of fused-ring (bicyclic) bond motifs is 1. The van der Waals surface area contributed by atoms with Crippen molar-refractivity contribution in [2.75, 3.05) is 13.6 Å². The van der Waals surface area contributed by atoms with Crippen LogP contribution in [0.15, 0.2) is 24.3 Å². The summed E-state index contributed by atoms with van der Waals surface area (Å²) in [6, 6.07) is 6.83. The Hall–Kier alpha value is -2.74. The second kappa shape index (κ2) is 13.7. The zero-order chi connectivity index (χ0) is 28.8. The van der Waals surface area contributed by atoms with Crippen LogP contribution in [0, 0.1) is 17.8 Å². The Morgan fingerprint density at radius 1 is 0.950 bits per heavy atom. The first-order chi connectivity index (χ1) is 19.2. The molecular weight excluding hydrogens is 504 g/mol. The van der Waals surface area contributed by atoms with Crippen LogP contribution >= 0.6 is 0 Å². The number of hydrogen-bond acceptors (Lipinski definition) is 5. The van der Waals surface area contributed by atoms with Crippen LogP contribution in [0.3, 0.4) is 0 Å². The molecule has 40 heavy (non-hydrogen) atoms. The highest BCUT2D eigenvalue weighted by molar-refractivity contribution is 5.93. The van der Waals surface area contributed by atoms with E-state index in [1.807, 2.05) is 32.9 Å². The summed E-state index contributed by atoms with van der Waals surface area (Å²) in [4.78, 5) is 55.5. The first-order valence-corrected chi connectivity index (χ1v) is 15.4. The normalized spacial score (nSPS) is 24.7. The number of likely N-dealkylation sites (tertiary alicyclic amines) is 1. The van der Waals surface area contributed by atoms with Gasteiger partial charge < -0.3 is 20.9 Å². The van der Waals surface area contributed by atoms with Crippen molar-refractivity contribution in [3.8, 4) is 0 Å². The first kappa shape index (κ1) is 30.2. The first-order valence-electron chi connectivity index (χ1n) is 15.4. The standard InChI is InChI=1S/C32H48N4O4/c1-20(2)30(38)34-24-17-28(31(39)35-27-16-10-14-22-13-8-9-15-25(22)27)36(19-24)32(40)26(18-29(37)21(3)33-4)23-11-6-5-7-12-23/h8-9,13,15,20-21,23-24,26-28,33H,5-7,10-12,14,16-19H2,1-4H3,(H,34,38)(H,35,39)/t21-,24-,26-,27+,28-/m0/s1. The van der Waals surface area contributed by atoms with Gasteiger partial charge in [0.15, 0.2) is 0 Å². The number of nitrogens with zero attached hydrogens (tertiary/aromatic N) is 1. The van der Waals surface area contributed by atoms with Gasteiger partial charge in [-0.05, 0) is 69.5 Å². The van der Waals surface area contributed by atoms with E-state index >= 15 is 0 Å². The summed E-state index contributed by atoms with van der Waals surface area (Å²) in [5.74, 6) is -0.855. The number of carbonyl (C=O) groups excluding carboxylic acids is 4. The SMILES string of the molecule is CN[C@@H](C)C(=O)C[C@H](C(=O)N1C[C@@H](NC(=O)C(C)C)C[C@H]1C(=O)N[C@@H]1CCCc2ccccc21)C1CCCCC1. The van der Waals surface area contributed by atoms with Crippen molar-refractivity contribution in [3.05, 3.63) is 35.4 Å². The molecule has 2 fully saturated rings. The largest absolute Gasteiger partial charge is 0.351 e. The zero-order valence-electron chi connectivity index (χ0n) is 24.7. The Morgan fingerprint density at radius 2 is 1.68 bits per heavy atom. The van der Waals surface area contributed by atoms with Gasteiger partial charge in [0.25, 0.3) is 0 Å². The fourth-order valence-electron chi connectivity index (χ4n) is 6.73. The molecule has 0 aromatic heterocycles. The second-order valence-electron chi connectivity index (χ2n) is 12.4. The molecular formula is C32H48N4O4. The van der Waals surface area contributed by atoms with Gasteiger partial charge in [0.1, 0.15) is 11.8 Å². The van der Waals surface area contributed by atoms with Crippen LogP contribution in [0.25, 0.3) is 0 Å². The van der Waals surface area contributed by atoms with E-state index in [0.29, 0.717) is 6.42 Å². The molecule has 8 nitrogen and oxygen atoms in total. The van der Waals surface area contributed by atoms with Crippen molar-refractivity contribution in [2.24, 2.45) is 17.8 Å². The van der Waals surface area contributed by atoms with Gasteiger partial charge in [0.2, 0.25) is 17.7 Å². The number of Topliss-reactive ketones (excluding diaryl/α,β-unsaturated/α-hetero) is 1. The third-order valence-corrected chi connectivity index (χ3v) is 9.32. The van der Waals surface area contributed by atoms with E-state index in [-0.39, 0.29) is 66.4 Å². The van der Waals surface area contributed by atoms with E-state index in [4.69, 9.17) is 0 Å². The molecule has 1 heterocycles. The van der Waals surface area contributed by atoms with Crippen molar-refractivity contribution < 1.29 is 19.2 Å². The van der Waals surface area contributed by atoms with Gasteiger partial charge in [0.05, 0.1) is 12.1 Å². The molecule has 1 aromatic carbocycles. The highest BCUT2D eigenvalue weighted by Crippen LogP contribution is 2.36. The van der Waals surface area contributed by atoms with E-state index in [9.17, 15) is 19.2 Å². The van der Waals surface area contributed by atoms with Crippen LogP contribution < -0.4 is 16.0 Å². The maximum atomic E-state index is 14.3. The summed E-state index contributed by atoms with van der Waals surface area (Å²) in [5.41, 5.74) is 2.41. The molecule has 1 aliphatic heterocycles. The molecule has 8 heteroatoms. The zero-order valence-corrected chi connectivity index (χ0v) is 24.7. The van der Waals surface area contributed by atoms with Gasteiger partial charge in [-0.2, -0.15) is 0 Å². The maximum absolute atomic E-state index is 14.3. The van der Waals surface area contributed by atoms with Crippen LogP contribution in [-0.4, -0.2) is 60.1 Å². The third-order valence-electron chi connectivity index (χ3n) is 9.32. The Morgan fingerprint density at radius 3 is 2.38 bits per heavy atom. The molecule has 3 N–H and O–H groups in total. The molecule has 0 unspecified atom stereocenters. The lowest BCUT2D eigenvalue weighted by Gasteiger charge is -2.35. The Kier molecular flexibility index (Phi) is 10.4. The summed E-state index contributed by atoms with van der Waals surface area (Å²) in [5, 5.41) is 9.34. The third kappa shape index (κ3) is 7.12. The fourth-order valence-corrected chi connectivity index (χ4v) is 6.73. The molecule has 0 bridgehead atoms. The van der Waals surface area contributed by atoms with E-state index in [0.717, 1.165) is 56.9 Å². The molecule has 220 valence electrons. The lowest BCUT2D eigenvalue weighted by atomic mass is 9.76. The minimum absolute atomic E-state index is 0.0232. The molecule has 1 saturated carbocycles. The van der Waals surface area contributed by atoms with Gasteiger partial charge >= 0.3 is 0 Å². The van der Waals surface area contributed by atoms with E-state index in [2.05, 4.69) is 28.1 Å². The summed E-state index contributed by atoms with van der Waals surface area (Å²) in [6.45, 7) is 5.79. The number of aryl methyl sites for hydroxylation is 1. The van der Waals surface area contributed by atoms with Gasteiger partial charge in [-0.15, -0.1) is 0 Å². The summed E-state index contributed by atoms with van der Waals surface area (Å²) in [6.07, 6.45) is 8.53. The Balaban J connectivity index is 1.58. The molecule has 0 spiro atoms. The van der Waals surface area contributed by atoms with Crippen molar-refractivity contribution in [2.45, 2.75) is 109 Å². The van der Waals surface area contributed by atoms with Crippen molar-refractivity contribution in [1.29, 1.82) is 0 Å². The molecule has 4 rings (SSSR count). The van der Waals surface area contributed by atoms with Crippen molar-refractivity contribution >= 4 is 23.5 Å². The smallest absolute Gasteiger partial charge is 0.243 e. The summed E-state index contributed by atoms with van der Waals surface area (Å²) < 4.78 is 0. The van der Waals surface area contributed by atoms with Gasteiger partial charge in [-0.3, -0.25) is 19.2 Å². The highest BCUT2D eigenvalue weighted by Gasteiger charge is 2.45. The number of hydrogen-bond donors (Lipinski definition) is 3. The molecule has 2 aliphatic carbocycles. The average molecular weight is 553 g/mol. The molecule has 1 aromatic rings. The molecule has 5 atom stereocenters. The monoisotopic (exact) mass is 552 g/mol. The number of rotatable bonds is 10. The van der Waals surface area contributed by atoms with Crippen LogP contribution in [0.1, 0.15) is 95.7 Å². The number of nitrogens with one attached hydrogen (secondary N) is 3. The minimum Gasteiger partial charge on any atom is -0.351 e. The van der Waals surface area contributed by atoms with Gasteiger partial charge in [-0.1, -0.05) is 57.4 Å². The molecule has 3 amide bonds. The number of carbonyl (C=O) groups is 4. The molecule has 0 radical (unpaired) electrons. The average Bonchev–Trinajstić information content (AvgIpc) is 3.39. The Bertz CT molecular complexity index is 1070. The second-order valence-corrected chi connectivity index (χ2v) is 12.4. The number of amides is 3. The van der Waals surface area contributed by atoms with Gasteiger partial charge in [-0.25, -0.2) is 0 Å². The lowest BCUT2D eigenvalue weighted by Crippen LogP contribution is -2.50. The predicted octanol–water partition coefficient (Wildman–Crippen LogP) is 3.69.